The first-order valence-electron chi connectivity index (χ1n) is 15.2. The summed E-state index contributed by atoms with van der Waals surface area (Å²) in [7, 11) is -1.24. The van der Waals surface area contributed by atoms with Crippen LogP contribution < -0.4 is 5.32 Å². The van der Waals surface area contributed by atoms with Crippen molar-refractivity contribution in [2.75, 3.05) is 39.0 Å². The van der Waals surface area contributed by atoms with Gasteiger partial charge in [-0.25, -0.2) is 9.59 Å². The monoisotopic (exact) mass is 675 g/mol. The molecule has 14 nitrogen and oxygen atoms in total. The molecule has 1 atom stereocenters. The zero-order valence-corrected chi connectivity index (χ0v) is 28.0. The normalized spacial score (nSPS) is 15.3. The summed E-state index contributed by atoms with van der Waals surface area (Å²) in [4.78, 5) is 50.0. The van der Waals surface area contributed by atoms with Gasteiger partial charge < -0.3 is 25.0 Å². The number of hydrogen-bond donors (Lipinski definition) is 2. The molecule has 2 aromatic carbocycles. The van der Waals surface area contributed by atoms with Crippen molar-refractivity contribution in [3.63, 3.8) is 0 Å². The highest BCUT2D eigenvalue weighted by atomic mass is 32.2. The van der Waals surface area contributed by atoms with Crippen LogP contribution in [0.15, 0.2) is 62.7 Å². The number of rotatable bonds is 8. The number of para-hydroxylation sites is 1. The molecule has 0 aromatic heterocycles. The number of aromatic hydroxyl groups is 1. The van der Waals surface area contributed by atoms with Crippen LogP contribution in [0.1, 0.15) is 35.1 Å². The van der Waals surface area contributed by atoms with Crippen molar-refractivity contribution in [1.82, 2.24) is 14.1 Å². The molecule has 0 saturated carbocycles. The average Bonchev–Trinajstić information content (AvgIpc) is 3.22. The van der Waals surface area contributed by atoms with Gasteiger partial charge in [-0.05, 0) is 67.2 Å². The van der Waals surface area contributed by atoms with Crippen molar-refractivity contribution < 1.29 is 32.6 Å². The predicted molar refractivity (Wildman–Crippen MR) is 180 cm³/mol. The molecule has 2 aliphatic heterocycles. The van der Waals surface area contributed by atoms with E-state index in [0.29, 0.717) is 49.2 Å². The highest BCUT2D eigenvalue weighted by Crippen LogP contribution is 2.26. The largest absolute Gasteiger partial charge is 0.507 e. The van der Waals surface area contributed by atoms with E-state index in [-0.39, 0.29) is 24.2 Å². The molecule has 15 heteroatoms. The lowest BCUT2D eigenvalue weighted by Gasteiger charge is -2.37. The maximum absolute atomic E-state index is 13.3. The molecule has 4 rings (SSSR count). The second-order valence-electron chi connectivity index (χ2n) is 11.4. The van der Waals surface area contributed by atoms with Crippen LogP contribution in [0.2, 0.25) is 0 Å². The zero-order valence-electron chi connectivity index (χ0n) is 27.1. The lowest BCUT2D eigenvalue weighted by atomic mass is 10.0. The second-order valence-corrected chi connectivity index (χ2v) is 13.3. The Morgan fingerprint density at radius 3 is 2.48 bits per heavy atom. The Kier molecular flexibility index (Phi) is 11.9. The maximum atomic E-state index is 13.3. The summed E-state index contributed by atoms with van der Waals surface area (Å²) in [6.07, 6.45) is 0.810. The van der Waals surface area contributed by atoms with E-state index < -0.39 is 28.3 Å². The number of aryl methyl sites for hydroxylation is 2. The minimum absolute atomic E-state index is 0.00982. The summed E-state index contributed by atoms with van der Waals surface area (Å²) in [5, 5.41) is 13.2. The predicted octanol–water partition coefficient (Wildman–Crippen LogP) is 3.18. The Labute approximate surface area is 279 Å². The maximum Gasteiger partial charge on any atom is 0.410 e. The van der Waals surface area contributed by atoms with Crippen LogP contribution in [0.3, 0.4) is 0 Å². The number of benzene rings is 2. The molecule has 1 saturated heterocycles. The number of urea groups is 1. The van der Waals surface area contributed by atoms with Crippen molar-refractivity contribution in [3.8, 4) is 5.75 Å². The molecular weight excluding hydrogens is 638 g/mol. The van der Waals surface area contributed by atoms with Crippen molar-refractivity contribution in [1.29, 1.82) is 0 Å². The van der Waals surface area contributed by atoms with Crippen molar-refractivity contribution >= 4 is 51.5 Å². The van der Waals surface area contributed by atoms with Gasteiger partial charge in [0.2, 0.25) is 0 Å². The SMILES string of the molecule is Cc1cc(C[C@@H](OC(=O)N2CCC(N3CCc4ccccc4NC3=O)CC2)C(=O)N=C=C=CN=C=C=NS(=O)(=O)N(C)C)cc(C)c1O. The summed E-state index contributed by atoms with van der Waals surface area (Å²) < 4.78 is 32.9. The van der Waals surface area contributed by atoms with Crippen molar-refractivity contribution in [2.45, 2.75) is 51.7 Å². The average molecular weight is 676 g/mol. The number of nitrogens with zero attached hydrogens (tertiary/aromatic N) is 6. The van der Waals surface area contributed by atoms with E-state index in [9.17, 15) is 27.9 Å². The standard InChI is InChI=1S/C33H37N7O7S/c1-23-20-25(21-24(2)30(23)41)22-29(31(42)35-14-7-13-34-15-16-36-48(45,46)38(3)4)47-33(44)39-17-11-27(12-18-39)40-19-10-26-8-5-6-9-28(26)37-32(40)43/h5-6,8-9,13,20-21,27,29,41H,10-12,17-19,22H2,1-4H3,(H,37,43)/t29-/m1/s1. The molecule has 0 radical (unpaired) electrons. The van der Waals surface area contributed by atoms with Crippen LogP contribution in [0.25, 0.3) is 0 Å². The number of fused-ring (bicyclic) bond motifs is 1. The van der Waals surface area contributed by atoms with E-state index >= 15 is 0 Å². The molecule has 48 heavy (non-hydrogen) atoms. The Hall–Kier alpha value is -5.25. The van der Waals surface area contributed by atoms with Gasteiger partial charge in [0.15, 0.2) is 6.10 Å². The molecule has 0 unspecified atom stereocenters. The quantitative estimate of drug-likeness (QED) is 0.319. The number of amides is 4. The van der Waals surface area contributed by atoms with E-state index in [0.717, 1.165) is 28.2 Å². The molecule has 2 N–H and O–H groups in total. The third kappa shape index (κ3) is 9.40. The fourth-order valence-electron chi connectivity index (χ4n) is 5.29. The summed E-state index contributed by atoms with van der Waals surface area (Å²) in [6, 6.07) is 10.9. The number of aliphatic imine (C=N–C) groups is 2. The first-order valence-corrected chi connectivity index (χ1v) is 16.6. The number of nitrogens with one attached hydrogen (secondary N) is 1. The highest BCUT2D eigenvalue weighted by molar-refractivity contribution is 7.87. The number of piperidine rings is 1. The summed E-state index contributed by atoms with van der Waals surface area (Å²) in [6.45, 7) is 4.67. The van der Waals surface area contributed by atoms with Crippen LogP contribution in [0.4, 0.5) is 15.3 Å². The van der Waals surface area contributed by atoms with Gasteiger partial charge in [-0.15, -0.1) is 0 Å². The van der Waals surface area contributed by atoms with Gasteiger partial charge in [0, 0.05) is 57.7 Å². The molecule has 2 aromatic rings. The van der Waals surface area contributed by atoms with Crippen LogP contribution >= 0.6 is 0 Å². The number of carbonyl (C=O) groups excluding carboxylic acids is 3. The van der Waals surface area contributed by atoms with E-state index in [4.69, 9.17) is 4.74 Å². The number of phenolic OH excluding ortho intramolecular Hbond substituents is 1. The minimum atomic E-state index is -3.85. The van der Waals surface area contributed by atoms with Gasteiger partial charge in [0.05, 0.1) is 17.9 Å². The van der Waals surface area contributed by atoms with Gasteiger partial charge >= 0.3 is 22.3 Å². The molecule has 0 bridgehead atoms. The zero-order chi connectivity index (χ0) is 34.8. The molecule has 0 spiro atoms. The van der Waals surface area contributed by atoms with E-state index in [2.05, 4.69) is 37.2 Å². The van der Waals surface area contributed by atoms with Gasteiger partial charge in [0.25, 0.3) is 5.91 Å². The number of likely N-dealkylation sites (tertiary alicyclic amines) is 1. The summed E-state index contributed by atoms with van der Waals surface area (Å²) >= 11 is 0. The first kappa shape index (κ1) is 35.6. The number of phenols is 1. The number of hydrogen-bond acceptors (Lipinski definition) is 8. The van der Waals surface area contributed by atoms with E-state index in [1.165, 1.54) is 19.0 Å². The van der Waals surface area contributed by atoms with Crippen molar-refractivity contribution in [2.24, 2.45) is 14.4 Å². The lowest BCUT2D eigenvalue weighted by molar-refractivity contribution is -0.126. The molecule has 2 aliphatic rings. The molecule has 2 heterocycles. The Morgan fingerprint density at radius 2 is 1.79 bits per heavy atom. The fraction of sp³-hybridized carbons (Fsp3) is 0.394. The first-order chi connectivity index (χ1) is 22.9. The lowest BCUT2D eigenvalue weighted by Crippen LogP contribution is -2.50. The topological polar surface area (TPSA) is 174 Å². The van der Waals surface area contributed by atoms with E-state index in [1.54, 1.807) is 26.0 Å². The number of anilines is 1. The van der Waals surface area contributed by atoms with Crippen LogP contribution in [-0.2, 0) is 32.6 Å². The van der Waals surface area contributed by atoms with Crippen LogP contribution in [0.5, 0.6) is 5.75 Å². The van der Waals surface area contributed by atoms with Gasteiger partial charge in [-0.2, -0.15) is 22.7 Å². The molecule has 1 fully saturated rings. The molecular formula is C33H37N7O7S. The van der Waals surface area contributed by atoms with Gasteiger partial charge in [0.1, 0.15) is 5.75 Å². The molecule has 0 aliphatic carbocycles. The smallest absolute Gasteiger partial charge is 0.410 e. The third-order valence-corrected chi connectivity index (χ3v) is 9.14. The Balaban J connectivity index is 1.44. The third-order valence-electron chi connectivity index (χ3n) is 7.89. The Bertz CT molecular complexity index is 1850. The number of carbonyl (C=O) groups is 3. The second kappa shape index (κ2) is 16.0. The molecule has 4 amide bonds. The van der Waals surface area contributed by atoms with Crippen LogP contribution in [-0.4, -0.2) is 109 Å². The Morgan fingerprint density at radius 1 is 1.10 bits per heavy atom. The fourth-order valence-corrected chi connectivity index (χ4v) is 5.61. The van der Waals surface area contributed by atoms with Gasteiger partial charge in [-0.1, -0.05) is 34.7 Å². The van der Waals surface area contributed by atoms with E-state index in [1.807, 2.05) is 35.0 Å². The number of ether oxygens (including phenoxy) is 1. The minimum Gasteiger partial charge on any atom is -0.507 e. The summed E-state index contributed by atoms with van der Waals surface area (Å²) in [5.41, 5.74) is 6.13. The van der Waals surface area contributed by atoms with Crippen molar-refractivity contribution in [3.05, 3.63) is 70.6 Å². The highest BCUT2D eigenvalue weighted by Gasteiger charge is 2.33. The molecule has 252 valence electrons. The van der Waals surface area contributed by atoms with Crippen LogP contribution in [0, 0.1) is 13.8 Å². The summed E-state index contributed by atoms with van der Waals surface area (Å²) in [5.74, 6) is 5.79. The van der Waals surface area contributed by atoms with Gasteiger partial charge in [-0.3, -0.25) is 4.79 Å².